The van der Waals surface area contributed by atoms with Crippen molar-refractivity contribution in [3.63, 3.8) is 0 Å². The highest BCUT2D eigenvalue weighted by Crippen LogP contribution is 2.41. The van der Waals surface area contributed by atoms with Gasteiger partial charge in [-0.05, 0) is 11.6 Å². The van der Waals surface area contributed by atoms with Crippen LogP contribution in [-0.2, 0) is 23.7 Å². The molecule has 2 aliphatic heterocycles. The van der Waals surface area contributed by atoms with E-state index in [9.17, 15) is 30.3 Å². The molecule has 0 radical (unpaired) electrons. The lowest BCUT2D eigenvalue weighted by Gasteiger charge is -2.42. The smallest absolute Gasteiger partial charge is 0.302 e. The molecule has 0 aromatic rings. The number of hydrogen-bond acceptors (Lipinski definition) is 10. The van der Waals surface area contributed by atoms with Crippen molar-refractivity contribution < 1.29 is 49.3 Å². The molecule has 9 atom stereocenters. The minimum absolute atomic E-state index is 0.0562. The summed E-state index contributed by atoms with van der Waals surface area (Å²) in [4.78, 5) is 11.1. The molecule has 10 heteroatoms. The summed E-state index contributed by atoms with van der Waals surface area (Å²) in [6.07, 6.45) is -4.45. The Morgan fingerprint density at radius 1 is 1.15 bits per heavy atom. The SMILES string of the molecule is CC(=O)OCC1=C[C@H](O)C2C=CO[C@@H](O[C@@H]3O[C@H](CO)[C@@H](O)[C@H](O)[C@H]3O)C12. The quantitative estimate of drug-likeness (QED) is 0.258. The Bertz CT molecular complexity index is 603. The highest BCUT2D eigenvalue weighted by atomic mass is 16.8. The van der Waals surface area contributed by atoms with Gasteiger partial charge in [0.1, 0.15) is 31.0 Å². The van der Waals surface area contributed by atoms with Crippen molar-refractivity contribution in [3.05, 3.63) is 24.0 Å². The van der Waals surface area contributed by atoms with E-state index in [2.05, 4.69) is 0 Å². The first-order valence-electron chi connectivity index (χ1n) is 8.63. The molecule has 5 N–H and O–H groups in total. The number of rotatable bonds is 5. The van der Waals surface area contributed by atoms with Crippen LogP contribution in [0.2, 0.25) is 0 Å². The van der Waals surface area contributed by atoms with Gasteiger partial charge in [0, 0.05) is 12.8 Å². The van der Waals surface area contributed by atoms with Crippen molar-refractivity contribution in [1.82, 2.24) is 0 Å². The summed E-state index contributed by atoms with van der Waals surface area (Å²) >= 11 is 0. The molecule has 0 bridgehead atoms. The summed E-state index contributed by atoms with van der Waals surface area (Å²) in [7, 11) is 0. The van der Waals surface area contributed by atoms with Crippen LogP contribution in [0.4, 0.5) is 0 Å². The molecule has 0 spiro atoms. The predicted molar refractivity (Wildman–Crippen MR) is 86.6 cm³/mol. The van der Waals surface area contributed by atoms with Gasteiger partial charge in [0.2, 0.25) is 6.29 Å². The number of fused-ring (bicyclic) bond motifs is 1. The lowest BCUT2D eigenvalue weighted by molar-refractivity contribution is -0.339. The van der Waals surface area contributed by atoms with Gasteiger partial charge in [0.25, 0.3) is 0 Å². The average Bonchev–Trinajstić information content (AvgIpc) is 2.97. The minimum atomic E-state index is -1.58. The van der Waals surface area contributed by atoms with E-state index in [1.54, 1.807) is 12.2 Å². The number of aliphatic hydroxyl groups excluding tert-OH is 5. The van der Waals surface area contributed by atoms with E-state index in [-0.39, 0.29) is 12.5 Å². The van der Waals surface area contributed by atoms with Crippen molar-refractivity contribution in [2.75, 3.05) is 13.2 Å². The largest absolute Gasteiger partial charge is 0.472 e. The molecule has 2 heterocycles. The molecule has 0 amide bonds. The second-order valence-corrected chi connectivity index (χ2v) is 6.78. The summed E-state index contributed by atoms with van der Waals surface area (Å²) in [6, 6.07) is 0. The fourth-order valence-corrected chi connectivity index (χ4v) is 3.55. The Kier molecular flexibility index (Phi) is 6.16. The Morgan fingerprint density at radius 2 is 1.89 bits per heavy atom. The zero-order valence-corrected chi connectivity index (χ0v) is 14.6. The van der Waals surface area contributed by atoms with Gasteiger partial charge < -0.3 is 44.5 Å². The van der Waals surface area contributed by atoms with E-state index in [4.69, 9.17) is 18.9 Å². The third-order valence-corrected chi connectivity index (χ3v) is 4.99. The third-order valence-electron chi connectivity index (χ3n) is 4.99. The molecule has 10 nitrogen and oxygen atoms in total. The molecule has 27 heavy (non-hydrogen) atoms. The van der Waals surface area contributed by atoms with Crippen LogP contribution < -0.4 is 0 Å². The molecule has 2 unspecified atom stereocenters. The second-order valence-electron chi connectivity index (χ2n) is 6.78. The molecule has 3 aliphatic rings. The van der Waals surface area contributed by atoms with E-state index < -0.39 is 61.6 Å². The molecule has 0 saturated carbocycles. The number of aliphatic hydroxyl groups is 5. The Hall–Kier alpha value is -1.53. The lowest BCUT2D eigenvalue weighted by Crippen LogP contribution is -2.60. The molecule has 1 fully saturated rings. The summed E-state index contributed by atoms with van der Waals surface area (Å²) in [5, 5.41) is 49.4. The fourth-order valence-electron chi connectivity index (χ4n) is 3.55. The molecule has 0 aromatic carbocycles. The van der Waals surface area contributed by atoms with Gasteiger partial charge >= 0.3 is 5.97 Å². The summed E-state index contributed by atoms with van der Waals surface area (Å²) in [5.41, 5.74) is 0.585. The van der Waals surface area contributed by atoms with E-state index in [0.29, 0.717) is 5.57 Å². The maximum absolute atomic E-state index is 11.1. The minimum Gasteiger partial charge on any atom is -0.472 e. The van der Waals surface area contributed by atoms with E-state index in [0.717, 1.165) is 0 Å². The normalized spacial score (nSPS) is 43.6. The van der Waals surface area contributed by atoms with Crippen LogP contribution in [0, 0.1) is 11.8 Å². The maximum atomic E-state index is 11.1. The molecule has 1 aliphatic carbocycles. The van der Waals surface area contributed by atoms with Crippen LogP contribution in [-0.4, -0.2) is 87.8 Å². The first-order chi connectivity index (χ1) is 12.8. The summed E-state index contributed by atoms with van der Waals surface area (Å²) in [6.45, 7) is 0.626. The van der Waals surface area contributed by atoms with Crippen LogP contribution in [0.5, 0.6) is 0 Å². The van der Waals surface area contributed by atoms with Crippen molar-refractivity contribution in [2.24, 2.45) is 11.8 Å². The molecule has 1 saturated heterocycles. The van der Waals surface area contributed by atoms with Gasteiger partial charge in [0.15, 0.2) is 6.29 Å². The number of carbonyl (C=O) groups excluding carboxylic acids is 1. The Balaban J connectivity index is 1.74. The van der Waals surface area contributed by atoms with Gasteiger partial charge in [0.05, 0.1) is 24.9 Å². The van der Waals surface area contributed by atoms with Crippen molar-refractivity contribution in [2.45, 2.75) is 50.0 Å². The number of carbonyl (C=O) groups is 1. The van der Waals surface area contributed by atoms with E-state index in [1.807, 2.05) is 0 Å². The number of esters is 1. The van der Waals surface area contributed by atoms with Crippen LogP contribution in [0.25, 0.3) is 0 Å². The van der Waals surface area contributed by atoms with Gasteiger partial charge in [-0.15, -0.1) is 0 Å². The fraction of sp³-hybridized carbons (Fsp3) is 0.706. The van der Waals surface area contributed by atoms with E-state index >= 15 is 0 Å². The van der Waals surface area contributed by atoms with Crippen molar-refractivity contribution in [3.8, 4) is 0 Å². The van der Waals surface area contributed by atoms with Gasteiger partial charge in [-0.2, -0.15) is 0 Å². The third kappa shape index (κ3) is 4.02. The van der Waals surface area contributed by atoms with Gasteiger partial charge in [-0.1, -0.05) is 6.08 Å². The zero-order valence-electron chi connectivity index (χ0n) is 14.6. The van der Waals surface area contributed by atoms with Crippen LogP contribution in [0.3, 0.4) is 0 Å². The standard InChI is InChI=1S/C17H24O10/c1-7(19)25-6-8-4-10(20)9-2-3-24-16(12(8)9)27-17-15(23)14(22)13(21)11(5-18)26-17/h2-4,9-18,20-23H,5-6H2,1H3/t9?,10-,11+,12?,13+,14-,15+,16-,17-/m0/s1. The first-order valence-corrected chi connectivity index (χ1v) is 8.63. The predicted octanol–water partition coefficient (Wildman–Crippen LogP) is -2.23. The number of ether oxygens (including phenoxy) is 4. The Labute approximate surface area is 155 Å². The first kappa shape index (κ1) is 20.2. The molecular weight excluding hydrogens is 364 g/mol. The van der Waals surface area contributed by atoms with Crippen LogP contribution in [0.15, 0.2) is 24.0 Å². The average molecular weight is 388 g/mol. The Morgan fingerprint density at radius 3 is 2.56 bits per heavy atom. The van der Waals surface area contributed by atoms with Crippen molar-refractivity contribution >= 4 is 5.97 Å². The highest BCUT2D eigenvalue weighted by Gasteiger charge is 2.49. The summed E-state index contributed by atoms with van der Waals surface area (Å²) < 4.78 is 21.5. The monoisotopic (exact) mass is 388 g/mol. The maximum Gasteiger partial charge on any atom is 0.302 e. The topological polar surface area (TPSA) is 155 Å². The van der Waals surface area contributed by atoms with Crippen LogP contribution in [0.1, 0.15) is 6.92 Å². The lowest BCUT2D eigenvalue weighted by atomic mass is 9.88. The van der Waals surface area contributed by atoms with E-state index in [1.165, 1.54) is 13.2 Å². The zero-order chi connectivity index (χ0) is 19.7. The molecule has 3 rings (SSSR count). The number of hydrogen-bond donors (Lipinski definition) is 5. The second kappa shape index (κ2) is 8.23. The molecule has 152 valence electrons. The van der Waals surface area contributed by atoms with Crippen molar-refractivity contribution in [1.29, 1.82) is 0 Å². The van der Waals surface area contributed by atoms with Crippen LogP contribution >= 0.6 is 0 Å². The highest BCUT2D eigenvalue weighted by molar-refractivity contribution is 5.66. The molecule has 0 aromatic heterocycles. The van der Waals surface area contributed by atoms with Gasteiger partial charge in [-0.25, -0.2) is 0 Å². The molecular formula is C17H24O10. The van der Waals surface area contributed by atoms with Gasteiger partial charge in [-0.3, -0.25) is 4.79 Å². The summed E-state index contributed by atoms with van der Waals surface area (Å²) in [5.74, 6) is -1.39.